The number of thiophene rings is 1. The highest BCUT2D eigenvalue weighted by Crippen LogP contribution is 2.28. The molecule has 0 aliphatic rings. The van der Waals surface area contributed by atoms with Gasteiger partial charge in [0.2, 0.25) is 11.8 Å². The van der Waals surface area contributed by atoms with E-state index in [1.807, 2.05) is 24.3 Å². The lowest BCUT2D eigenvalue weighted by Crippen LogP contribution is -2.08. The lowest BCUT2D eigenvalue weighted by atomic mass is 10.1. The minimum atomic E-state index is 0.417. The summed E-state index contributed by atoms with van der Waals surface area (Å²) in [6.45, 7) is 0.800. The monoisotopic (exact) mass is 493 g/mol. The van der Waals surface area contributed by atoms with Crippen LogP contribution in [0.1, 0.15) is 22.2 Å². The van der Waals surface area contributed by atoms with E-state index in [2.05, 4.69) is 66.7 Å². The molecular formula is C24H20ClN5OS2. The van der Waals surface area contributed by atoms with Crippen LogP contribution in [0.2, 0.25) is 5.02 Å². The van der Waals surface area contributed by atoms with E-state index in [1.165, 1.54) is 10.4 Å². The van der Waals surface area contributed by atoms with Crippen molar-refractivity contribution in [1.82, 2.24) is 25.0 Å². The van der Waals surface area contributed by atoms with Crippen molar-refractivity contribution < 1.29 is 4.42 Å². The highest BCUT2D eigenvalue weighted by Gasteiger charge is 2.16. The number of rotatable bonds is 9. The van der Waals surface area contributed by atoms with Gasteiger partial charge in [-0.25, -0.2) is 0 Å². The van der Waals surface area contributed by atoms with Crippen LogP contribution in [0.15, 0.2) is 81.7 Å². The molecule has 0 unspecified atom stereocenters. The lowest BCUT2D eigenvalue weighted by molar-refractivity contribution is 0.527. The second-order valence-electron chi connectivity index (χ2n) is 7.31. The largest absolute Gasteiger partial charge is 0.420 e. The van der Waals surface area contributed by atoms with E-state index < -0.39 is 0 Å². The zero-order chi connectivity index (χ0) is 22.5. The van der Waals surface area contributed by atoms with Crippen LogP contribution in [0.3, 0.4) is 0 Å². The zero-order valence-corrected chi connectivity index (χ0v) is 20.0. The Morgan fingerprint density at radius 1 is 0.909 bits per heavy atom. The van der Waals surface area contributed by atoms with E-state index in [-0.39, 0.29) is 0 Å². The minimum Gasteiger partial charge on any atom is -0.420 e. The summed E-state index contributed by atoms with van der Waals surface area (Å²) in [5.74, 6) is 2.39. The van der Waals surface area contributed by atoms with Gasteiger partial charge in [-0.1, -0.05) is 71.9 Å². The summed E-state index contributed by atoms with van der Waals surface area (Å²) in [7, 11) is 0. The number of hydrogen-bond acceptors (Lipinski definition) is 7. The first-order chi connectivity index (χ1) is 16.3. The molecule has 3 heterocycles. The molecule has 0 aliphatic carbocycles. The summed E-state index contributed by atoms with van der Waals surface area (Å²) in [6.07, 6.45) is 1.67. The fourth-order valence-corrected chi connectivity index (χ4v) is 5.16. The van der Waals surface area contributed by atoms with Gasteiger partial charge in [-0.05, 0) is 35.6 Å². The normalized spacial score (nSPS) is 11.2. The van der Waals surface area contributed by atoms with Crippen LogP contribution in [0, 0.1) is 0 Å². The Kier molecular flexibility index (Phi) is 6.85. The molecule has 5 rings (SSSR count). The van der Waals surface area contributed by atoms with Crippen molar-refractivity contribution >= 4 is 34.7 Å². The number of nitrogens with zero attached hydrogens (tertiary/aromatic N) is 5. The van der Waals surface area contributed by atoms with Crippen molar-refractivity contribution in [3.05, 3.63) is 99.3 Å². The van der Waals surface area contributed by atoms with Gasteiger partial charge < -0.3 is 8.98 Å². The zero-order valence-electron chi connectivity index (χ0n) is 17.6. The first-order valence-electron chi connectivity index (χ1n) is 10.4. The number of aromatic nitrogens is 5. The third-order valence-electron chi connectivity index (χ3n) is 5.07. The molecule has 166 valence electrons. The van der Waals surface area contributed by atoms with Crippen LogP contribution in [0.4, 0.5) is 0 Å². The summed E-state index contributed by atoms with van der Waals surface area (Å²) < 4.78 is 8.05. The standard InChI is InChI=1S/C24H20ClN5OS2/c25-20-11-5-4-10-19(20)23-28-27-22(31-23)16-33-24-29-26-21(15-18-9-6-14-32-18)30(24)13-12-17-7-2-1-3-8-17/h1-11,14H,12-13,15-16H2. The molecule has 0 atom stereocenters. The number of thioether (sulfide) groups is 1. The summed E-state index contributed by atoms with van der Waals surface area (Å²) >= 11 is 9.53. The second kappa shape index (κ2) is 10.3. The van der Waals surface area contributed by atoms with Gasteiger partial charge in [-0.15, -0.1) is 31.7 Å². The summed E-state index contributed by atoms with van der Waals surface area (Å²) in [5, 5.41) is 20.8. The van der Waals surface area contributed by atoms with Crippen LogP contribution in [-0.4, -0.2) is 25.0 Å². The highest BCUT2D eigenvalue weighted by atomic mass is 35.5. The summed E-state index contributed by atoms with van der Waals surface area (Å²) in [5.41, 5.74) is 2.01. The van der Waals surface area contributed by atoms with E-state index in [0.717, 1.165) is 35.9 Å². The average molecular weight is 494 g/mol. The maximum absolute atomic E-state index is 6.25. The molecule has 9 heteroatoms. The quantitative estimate of drug-likeness (QED) is 0.229. The highest BCUT2D eigenvalue weighted by molar-refractivity contribution is 7.98. The van der Waals surface area contributed by atoms with Gasteiger partial charge in [-0.3, -0.25) is 0 Å². The van der Waals surface area contributed by atoms with Crippen molar-refractivity contribution in [3.8, 4) is 11.5 Å². The molecule has 0 saturated heterocycles. The third-order valence-corrected chi connectivity index (χ3v) is 7.23. The van der Waals surface area contributed by atoms with Crippen molar-refractivity contribution in [1.29, 1.82) is 0 Å². The smallest absolute Gasteiger partial charge is 0.249 e. The SMILES string of the molecule is Clc1ccccc1-c1nnc(CSc2nnc(Cc3cccs3)n2CCc2ccccc2)o1. The van der Waals surface area contributed by atoms with Crippen LogP contribution >= 0.6 is 34.7 Å². The van der Waals surface area contributed by atoms with Gasteiger partial charge in [0.05, 0.1) is 16.3 Å². The Morgan fingerprint density at radius 2 is 1.76 bits per heavy atom. The number of halogens is 1. The van der Waals surface area contributed by atoms with Gasteiger partial charge in [0.15, 0.2) is 5.16 Å². The van der Waals surface area contributed by atoms with Crippen molar-refractivity contribution in [2.24, 2.45) is 0 Å². The van der Waals surface area contributed by atoms with Crippen LogP contribution in [0.25, 0.3) is 11.5 Å². The summed E-state index contributed by atoms with van der Waals surface area (Å²) in [6, 6.07) is 22.1. The number of hydrogen-bond donors (Lipinski definition) is 0. The molecule has 0 saturated carbocycles. The van der Waals surface area contributed by atoms with Gasteiger partial charge >= 0.3 is 0 Å². The maximum Gasteiger partial charge on any atom is 0.249 e. The van der Waals surface area contributed by atoms with E-state index >= 15 is 0 Å². The molecule has 33 heavy (non-hydrogen) atoms. The first kappa shape index (κ1) is 21.9. The Hall–Kier alpha value is -2.94. The molecule has 0 fully saturated rings. The van der Waals surface area contributed by atoms with Crippen LogP contribution in [0.5, 0.6) is 0 Å². The third kappa shape index (κ3) is 5.35. The minimum absolute atomic E-state index is 0.417. The molecule has 0 aliphatic heterocycles. The predicted molar refractivity (Wildman–Crippen MR) is 132 cm³/mol. The van der Waals surface area contributed by atoms with Gasteiger partial charge in [0, 0.05) is 17.8 Å². The first-order valence-corrected chi connectivity index (χ1v) is 12.7. The Bertz CT molecular complexity index is 1320. The molecule has 2 aromatic carbocycles. The molecule has 6 nitrogen and oxygen atoms in total. The summed E-state index contributed by atoms with van der Waals surface area (Å²) in [4.78, 5) is 1.26. The fraction of sp³-hybridized carbons (Fsp3) is 0.167. The Morgan fingerprint density at radius 3 is 2.58 bits per heavy atom. The fourth-order valence-electron chi connectivity index (χ4n) is 3.42. The number of benzene rings is 2. The average Bonchev–Trinajstić information content (AvgIpc) is 3.60. The molecule has 5 aromatic rings. The van der Waals surface area contributed by atoms with E-state index in [0.29, 0.717) is 22.6 Å². The topological polar surface area (TPSA) is 69.6 Å². The molecule has 3 aromatic heterocycles. The molecule has 0 N–H and O–H groups in total. The molecular weight excluding hydrogens is 474 g/mol. The van der Waals surface area contributed by atoms with Crippen molar-refractivity contribution in [2.75, 3.05) is 0 Å². The predicted octanol–water partition coefficient (Wildman–Crippen LogP) is 6.17. The molecule has 0 radical (unpaired) electrons. The van der Waals surface area contributed by atoms with Crippen LogP contribution in [-0.2, 0) is 25.1 Å². The molecule has 0 spiro atoms. The van der Waals surface area contributed by atoms with Crippen LogP contribution < -0.4 is 0 Å². The van der Waals surface area contributed by atoms with E-state index in [9.17, 15) is 0 Å². The van der Waals surface area contributed by atoms with Gasteiger partial charge in [0.1, 0.15) is 5.82 Å². The van der Waals surface area contributed by atoms with Crippen molar-refractivity contribution in [2.45, 2.75) is 30.3 Å². The maximum atomic E-state index is 6.25. The van der Waals surface area contributed by atoms with Gasteiger partial charge in [0.25, 0.3) is 0 Å². The van der Waals surface area contributed by atoms with E-state index in [4.69, 9.17) is 16.0 Å². The number of aryl methyl sites for hydroxylation is 1. The van der Waals surface area contributed by atoms with Gasteiger partial charge in [-0.2, -0.15) is 0 Å². The molecule has 0 bridgehead atoms. The Labute approximate surface area is 204 Å². The Balaban J connectivity index is 1.33. The van der Waals surface area contributed by atoms with E-state index in [1.54, 1.807) is 29.2 Å². The van der Waals surface area contributed by atoms with Crippen molar-refractivity contribution in [3.63, 3.8) is 0 Å². The lowest BCUT2D eigenvalue weighted by Gasteiger charge is -2.09. The second-order valence-corrected chi connectivity index (χ2v) is 9.69. The molecule has 0 amide bonds.